The predicted octanol–water partition coefficient (Wildman–Crippen LogP) is 4.08. The summed E-state index contributed by atoms with van der Waals surface area (Å²) >= 11 is 3.43. The Balaban J connectivity index is 1.60. The molecule has 4 heteroatoms. The standard InChI is InChI=1S/C15H21BrN2O/c16-10-4-1-5-11-19-12-6-9-15-17-13-7-2-3-8-14(13)18-15/h2-3,7-8H,1,4-6,9-12H2,(H,17,18). The Morgan fingerprint density at radius 1 is 1.05 bits per heavy atom. The number of aryl methyl sites for hydroxylation is 1. The van der Waals surface area contributed by atoms with E-state index in [0.717, 1.165) is 54.7 Å². The van der Waals surface area contributed by atoms with Crippen molar-refractivity contribution in [3.63, 3.8) is 0 Å². The summed E-state index contributed by atoms with van der Waals surface area (Å²) in [6, 6.07) is 8.14. The molecule has 0 atom stereocenters. The van der Waals surface area contributed by atoms with Crippen molar-refractivity contribution >= 4 is 27.0 Å². The number of nitrogens with zero attached hydrogens (tertiary/aromatic N) is 1. The maximum atomic E-state index is 5.62. The van der Waals surface area contributed by atoms with Gasteiger partial charge in [0.25, 0.3) is 0 Å². The minimum absolute atomic E-state index is 0.825. The molecule has 2 rings (SSSR count). The molecule has 0 saturated carbocycles. The number of aromatic amines is 1. The zero-order valence-electron chi connectivity index (χ0n) is 11.2. The van der Waals surface area contributed by atoms with Gasteiger partial charge in [-0.25, -0.2) is 4.98 Å². The van der Waals surface area contributed by atoms with Gasteiger partial charge < -0.3 is 9.72 Å². The average Bonchev–Trinajstić information content (AvgIpc) is 2.84. The van der Waals surface area contributed by atoms with Gasteiger partial charge in [0.1, 0.15) is 5.82 Å². The minimum atomic E-state index is 0.825. The normalized spacial score (nSPS) is 11.2. The van der Waals surface area contributed by atoms with E-state index in [9.17, 15) is 0 Å². The molecule has 0 aliphatic rings. The van der Waals surface area contributed by atoms with E-state index >= 15 is 0 Å². The number of rotatable bonds is 9. The molecule has 0 bridgehead atoms. The Hall–Kier alpha value is -0.870. The highest BCUT2D eigenvalue weighted by atomic mass is 79.9. The van der Waals surface area contributed by atoms with Crippen LogP contribution in [0.15, 0.2) is 24.3 Å². The van der Waals surface area contributed by atoms with Crippen molar-refractivity contribution in [3.05, 3.63) is 30.1 Å². The molecule has 1 heterocycles. The number of hydrogen-bond acceptors (Lipinski definition) is 2. The first-order valence-corrected chi connectivity index (χ1v) is 8.09. The fourth-order valence-electron chi connectivity index (χ4n) is 2.04. The van der Waals surface area contributed by atoms with Crippen LogP contribution in [0.1, 0.15) is 31.5 Å². The molecule has 0 unspecified atom stereocenters. The number of fused-ring (bicyclic) bond motifs is 1. The number of alkyl halides is 1. The average molecular weight is 325 g/mol. The Labute approximate surface area is 122 Å². The molecular weight excluding hydrogens is 304 g/mol. The molecule has 0 spiro atoms. The van der Waals surface area contributed by atoms with Crippen molar-refractivity contribution in [2.75, 3.05) is 18.5 Å². The zero-order chi connectivity index (χ0) is 13.3. The fourth-order valence-corrected chi connectivity index (χ4v) is 2.44. The molecule has 1 N–H and O–H groups in total. The Morgan fingerprint density at radius 3 is 2.74 bits per heavy atom. The molecule has 0 saturated heterocycles. The first-order valence-electron chi connectivity index (χ1n) is 6.97. The Morgan fingerprint density at radius 2 is 1.89 bits per heavy atom. The molecule has 3 nitrogen and oxygen atoms in total. The second kappa shape index (κ2) is 8.33. The van der Waals surface area contributed by atoms with Gasteiger partial charge in [0, 0.05) is 25.0 Å². The van der Waals surface area contributed by atoms with E-state index in [-0.39, 0.29) is 0 Å². The molecule has 1 aromatic heterocycles. The van der Waals surface area contributed by atoms with Crippen LogP contribution in [-0.2, 0) is 11.2 Å². The fraction of sp³-hybridized carbons (Fsp3) is 0.533. The maximum Gasteiger partial charge on any atom is 0.107 e. The van der Waals surface area contributed by atoms with Crippen LogP contribution in [0.25, 0.3) is 11.0 Å². The van der Waals surface area contributed by atoms with Gasteiger partial charge in [0.15, 0.2) is 0 Å². The monoisotopic (exact) mass is 324 g/mol. The highest BCUT2D eigenvalue weighted by Crippen LogP contribution is 2.11. The van der Waals surface area contributed by atoms with Crippen LogP contribution in [0.5, 0.6) is 0 Å². The quantitative estimate of drug-likeness (QED) is 0.557. The van der Waals surface area contributed by atoms with Crippen LogP contribution in [0, 0.1) is 0 Å². The van der Waals surface area contributed by atoms with Crippen molar-refractivity contribution < 1.29 is 4.74 Å². The first kappa shape index (κ1) is 14.5. The number of para-hydroxylation sites is 2. The third kappa shape index (κ3) is 4.96. The minimum Gasteiger partial charge on any atom is -0.381 e. The lowest BCUT2D eigenvalue weighted by Crippen LogP contribution is -1.99. The van der Waals surface area contributed by atoms with E-state index in [1.54, 1.807) is 0 Å². The molecule has 0 amide bonds. The van der Waals surface area contributed by atoms with Gasteiger partial charge in [0.2, 0.25) is 0 Å². The summed E-state index contributed by atoms with van der Waals surface area (Å²) in [5, 5.41) is 1.10. The highest BCUT2D eigenvalue weighted by Gasteiger charge is 2.01. The van der Waals surface area contributed by atoms with Crippen molar-refractivity contribution in [1.29, 1.82) is 0 Å². The van der Waals surface area contributed by atoms with Gasteiger partial charge in [-0.3, -0.25) is 0 Å². The summed E-state index contributed by atoms with van der Waals surface area (Å²) < 4.78 is 5.62. The highest BCUT2D eigenvalue weighted by molar-refractivity contribution is 9.09. The molecule has 0 aliphatic heterocycles. The number of hydrogen-bond donors (Lipinski definition) is 1. The maximum absolute atomic E-state index is 5.62. The lowest BCUT2D eigenvalue weighted by atomic mass is 10.3. The smallest absolute Gasteiger partial charge is 0.107 e. The number of H-pyrrole nitrogens is 1. The number of ether oxygens (including phenoxy) is 1. The topological polar surface area (TPSA) is 37.9 Å². The van der Waals surface area contributed by atoms with Gasteiger partial charge in [-0.05, 0) is 31.4 Å². The molecule has 0 aliphatic carbocycles. The number of nitrogens with one attached hydrogen (secondary N) is 1. The van der Waals surface area contributed by atoms with Gasteiger partial charge >= 0.3 is 0 Å². The molecule has 0 radical (unpaired) electrons. The van der Waals surface area contributed by atoms with Crippen LogP contribution >= 0.6 is 15.9 Å². The van der Waals surface area contributed by atoms with Gasteiger partial charge in [-0.2, -0.15) is 0 Å². The number of aromatic nitrogens is 2. The van der Waals surface area contributed by atoms with E-state index < -0.39 is 0 Å². The van der Waals surface area contributed by atoms with E-state index in [1.807, 2.05) is 18.2 Å². The Bertz CT molecular complexity index is 451. The lowest BCUT2D eigenvalue weighted by molar-refractivity contribution is 0.128. The van der Waals surface area contributed by atoms with Crippen LogP contribution in [-0.4, -0.2) is 28.5 Å². The molecular formula is C15H21BrN2O. The lowest BCUT2D eigenvalue weighted by Gasteiger charge is -2.02. The second-order valence-corrected chi connectivity index (χ2v) is 5.46. The summed E-state index contributed by atoms with van der Waals surface area (Å²) in [4.78, 5) is 7.90. The molecule has 0 fully saturated rings. The molecule has 19 heavy (non-hydrogen) atoms. The van der Waals surface area contributed by atoms with Crippen molar-refractivity contribution in [1.82, 2.24) is 9.97 Å². The zero-order valence-corrected chi connectivity index (χ0v) is 12.8. The third-order valence-corrected chi connectivity index (χ3v) is 3.62. The van der Waals surface area contributed by atoms with Crippen LogP contribution in [0.4, 0.5) is 0 Å². The van der Waals surface area contributed by atoms with Crippen LogP contribution in [0.3, 0.4) is 0 Å². The largest absolute Gasteiger partial charge is 0.381 e. The summed E-state index contributed by atoms with van der Waals surface area (Å²) in [7, 11) is 0. The SMILES string of the molecule is BrCCCCCOCCCc1nc2ccccc2[nH]1. The number of unbranched alkanes of at least 4 members (excludes halogenated alkanes) is 2. The van der Waals surface area contributed by atoms with Gasteiger partial charge in [-0.1, -0.05) is 34.5 Å². The van der Waals surface area contributed by atoms with Gasteiger partial charge in [0.05, 0.1) is 11.0 Å². The van der Waals surface area contributed by atoms with E-state index in [1.165, 1.54) is 12.8 Å². The van der Waals surface area contributed by atoms with Crippen LogP contribution < -0.4 is 0 Å². The van der Waals surface area contributed by atoms with E-state index in [0.29, 0.717) is 0 Å². The van der Waals surface area contributed by atoms with Crippen LogP contribution in [0.2, 0.25) is 0 Å². The number of benzene rings is 1. The summed E-state index contributed by atoms with van der Waals surface area (Å²) in [5.41, 5.74) is 2.17. The third-order valence-electron chi connectivity index (χ3n) is 3.06. The van der Waals surface area contributed by atoms with Gasteiger partial charge in [-0.15, -0.1) is 0 Å². The molecule has 1 aromatic carbocycles. The van der Waals surface area contributed by atoms with Crippen molar-refractivity contribution in [3.8, 4) is 0 Å². The first-order chi connectivity index (χ1) is 9.40. The summed E-state index contributed by atoms with van der Waals surface area (Å²) in [5.74, 6) is 1.06. The predicted molar refractivity (Wildman–Crippen MR) is 82.9 cm³/mol. The van der Waals surface area contributed by atoms with E-state index in [2.05, 4.69) is 32.0 Å². The summed E-state index contributed by atoms with van der Waals surface area (Å²) in [6.45, 7) is 1.71. The number of halogens is 1. The molecule has 104 valence electrons. The second-order valence-electron chi connectivity index (χ2n) is 4.67. The summed E-state index contributed by atoms with van der Waals surface area (Å²) in [6.07, 6.45) is 5.63. The van der Waals surface area contributed by atoms with E-state index in [4.69, 9.17) is 4.74 Å². The molecule has 2 aromatic rings. The Kier molecular flexibility index (Phi) is 6.37. The van der Waals surface area contributed by atoms with Crippen molar-refractivity contribution in [2.24, 2.45) is 0 Å². The number of imidazole rings is 1. The van der Waals surface area contributed by atoms with Crippen molar-refractivity contribution in [2.45, 2.75) is 32.1 Å².